The number of pyridine rings is 1. The number of β-amino-alcohol motifs (C(OH)–C–C–N with tert-alkyl or cyclic N) is 1. The minimum Gasteiger partial charge on any atom is -0.391 e. The minimum absolute atomic E-state index is 0.0532. The van der Waals surface area contributed by atoms with Crippen LogP contribution in [-0.4, -0.2) is 55.0 Å². The number of rotatable bonds is 5. The number of aromatic nitrogens is 4. The molecule has 32 heavy (non-hydrogen) atoms. The minimum atomic E-state index is -0.581. The van der Waals surface area contributed by atoms with Crippen LogP contribution in [0.1, 0.15) is 28.0 Å². The summed E-state index contributed by atoms with van der Waals surface area (Å²) in [6, 6.07) is 13.8. The Bertz CT molecular complexity index is 1260. The fourth-order valence-electron chi connectivity index (χ4n) is 4.12. The number of thiazole rings is 1. The van der Waals surface area contributed by atoms with Crippen molar-refractivity contribution in [2.24, 2.45) is 5.92 Å². The number of aryl methyl sites for hydroxylation is 1. The summed E-state index contributed by atoms with van der Waals surface area (Å²) < 4.78 is 0. The van der Waals surface area contributed by atoms with E-state index in [9.17, 15) is 9.90 Å². The van der Waals surface area contributed by atoms with Gasteiger partial charge in [-0.2, -0.15) is 0 Å². The molecule has 4 heterocycles. The first-order chi connectivity index (χ1) is 15.6. The number of para-hydroxylation sites is 1. The molecule has 0 spiro atoms. The van der Waals surface area contributed by atoms with Gasteiger partial charge in [0.15, 0.2) is 10.8 Å². The Hall–Kier alpha value is -3.23. The second-order valence-corrected chi connectivity index (χ2v) is 8.96. The number of carbonyl (C=O) groups is 1. The zero-order chi connectivity index (χ0) is 22.1. The summed E-state index contributed by atoms with van der Waals surface area (Å²) in [5, 5.41) is 12.4. The Kier molecular flexibility index (Phi) is 5.63. The zero-order valence-corrected chi connectivity index (χ0v) is 18.5. The molecule has 1 aliphatic heterocycles. The van der Waals surface area contributed by atoms with Gasteiger partial charge in [0, 0.05) is 42.5 Å². The number of benzene rings is 1. The van der Waals surface area contributed by atoms with E-state index in [-0.39, 0.29) is 11.8 Å². The molecule has 8 heteroatoms. The number of amides is 1. The van der Waals surface area contributed by atoms with Crippen molar-refractivity contribution >= 4 is 28.1 Å². The average Bonchev–Trinajstić information content (AvgIpc) is 3.43. The Balaban J connectivity index is 1.33. The van der Waals surface area contributed by atoms with Crippen molar-refractivity contribution in [2.45, 2.75) is 25.9 Å². The lowest BCUT2D eigenvalue weighted by molar-refractivity contribution is 0.0768. The smallest absolute Gasteiger partial charge is 0.265 e. The van der Waals surface area contributed by atoms with Crippen LogP contribution < -0.4 is 0 Å². The van der Waals surface area contributed by atoms with Gasteiger partial charge in [-0.3, -0.25) is 9.78 Å². The number of nitrogens with zero attached hydrogens (tertiary/aromatic N) is 5. The third-order valence-corrected chi connectivity index (χ3v) is 6.89. The highest BCUT2D eigenvalue weighted by atomic mass is 32.1. The third-order valence-electron chi connectivity index (χ3n) is 5.80. The number of likely N-dealkylation sites (tertiary alicyclic amines) is 1. The number of carbonyl (C=O) groups excluding carboxylic acids is 1. The molecule has 2 atom stereocenters. The summed E-state index contributed by atoms with van der Waals surface area (Å²) >= 11 is 1.32. The third kappa shape index (κ3) is 3.99. The highest BCUT2D eigenvalue weighted by molar-refractivity contribution is 7.17. The summed E-state index contributed by atoms with van der Waals surface area (Å²) in [5.41, 5.74) is 2.62. The quantitative estimate of drug-likeness (QED) is 0.506. The predicted molar refractivity (Wildman–Crippen MR) is 123 cm³/mol. The number of aliphatic hydroxyl groups excluding tert-OH is 1. The lowest BCUT2D eigenvalue weighted by Gasteiger charge is -2.15. The van der Waals surface area contributed by atoms with Gasteiger partial charge in [0.05, 0.1) is 17.3 Å². The maximum Gasteiger partial charge on any atom is 0.265 e. The normalized spacial score (nSPS) is 18.4. The van der Waals surface area contributed by atoms with Crippen LogP contribution in [-0.2, 0) is 12.8 Å². The number of hydrogen-bond donors (Lipinski definition) is 1. The molecule has 0 saturated carbocycles. The molecule has 0 unspecified atom stereocenters. The van der Waals surface area contributed by atoms with E-state index in [0.29, 0.717) is 41.6 Å². The molecule has 1 fully saturated rings. The van der Waals surface area contributed by atoms with E-state index in [2.05, 4.69) is 21.0 Å². The van der Waals surface area contributed by atoms with Gasteiger partial charge in [0.2, 0.25) is 0 Å². The molecule has 0 radical (unpaired) electrons. The summed E-state index contributed by atoms with van der Waals surface area (Å²) in [6.45, 7) is 2.79. The van der Waals surface area contributed by atoms with Gasteiger partial charge in [-0.15, -0.1) is 11.3 Å². The number of hydrogen-bond acceptors (Lipinski definition) is 7. The lowest BCUT2D eigenvalue weighted by Crippen LogP contribution is -2.29. The van der Waals surface area contributed by atoms with E-state index in [0.717, 1.165) is 22.3 Å². The maximum atomic E-state index is 13.3. The van der Waals surface area contributed by atoms with Gasteiger partial charge in [-0.05, 0) is 31.0 Å². The van der Waals surface area contributed by atoms with Crippen LogP contribution in [0.25, 0.3) is 21.7 Å². The largest absolute Gasteiger partial charge is 0.391 e. The molecule has 1 aromatic carbocycles. The van der Waals surface area contributed by atoms with E-state index in [1.807, 2.05) is 37.3 Å². The van der Waals surface area contributed by atoms with Crippen molar-refractivity contribution in [1.82, 2.24) is 24.8 Å². The Morgan fingerprint density at radius 1 is 1.09 bits per heavy atom. The fourth-order valence-corrected chi connectivity index (χ4v) is 5.19. The molecular formula is C24H23N5O2S. The van der Waals surface area contributed by atoms with Gasteiger partial charge >= 0.3 is 0 Å². The van der Waals surface area contributed by atoms with E-state index in [1.54, 1.807) is 23.4 Å². The Morgan fingerprint density at radius 3 is 2.72 bits per heavy atom. The first-order valence-corrected chi connectivity index (χ1v) is 11.5. The van der Waals surface area contributed by atoms with Crippen LogP contribution >= 0.6 is 11.3 Å². The van der Waals surface area contributed by atoms with E-state index in [1.165, 1.54) is 11.3 Å². The van der Waals surface area contributed by atoms with Crippen molar-refractivity contribution < 1.29 is 9.90 Å². The molecule has 162 valence electrons. The highest BCUT2D eigenvalue weighted by Gasteiger charge is 2.36. The van der Waals surface area contributed by atoms with Gasteiger partial charge in [-0.1, -0.05) is 31.2 Å². The second kappa shape index (κ2) is 8.72. The molecule has 1 N–H and O–H groups in total. The van der Waals surface area contributed by atoms with Crippen LogP contribution in [0, 0.1) is 5.92 Å². The van der Waals surface area contributed by atoms with E-state index >= 15 is 0 Å². The molecule has 5 rings (SSSR count). The molecule has 3 aromatic heterocycles. The van der Waals surface area contributed by atoms with Gasteiger partial charge in [0.1, 0.15) is 4.88 Å². The first kappa shape index (κ1) is 20.7. The number of fused-ring (bicyclic) bond motifs is 1. The molecule has 1 aliphatic rings. The summed E-state index contributed by atoms with van der Waals surface area (Å²) in [4.78, 5) is 33.5. The van der Waals surface area contributed by atoms with Crippen LogP contribution in [0.15, 0.2) is 54.9 Å². The standard InChI is InChI=1S/C24H23N5O2S/c1-2-18-21(32-23(28-18)22-25-10-5-11-26-22)24(31)29-13-16(20(30)14-29)12-17-9-8-15-6-3-4-7-19(15)27-17/h3-11,16,20,30H,2,12-14H2,1H3/t16-,20-/m1/s1. The monoisotopic (exact) mass is 445 g/mol. The van der Waals surface area contributed by atoms with Crippen molar-refractivity contribution in [2.75, 3.05) is 13.1 Å². The van der Waals surface area contributed by atoms with Crippen molar-refractivity contribution in [3.63, 3.8) is 0 Å². The Morgan fingerprint density at radius 2 is 1.91 bits per heavy atom. The van der Waals surface area contributed by atoms with Gasteiger partial charge in [0.25, 0.3) is 5.91 Å². The van der Waals surface area contributed by atoms with Crippen LogP contribution in [0.2, 0.25) is 0 Å². The van der Waals surface area contributed by atoms with Crippen LogP contribution in [0.3, 0.4) is 0 Å². The fraction of sp³-hybridized carbons (Fsp3) is 0.292. The maximum absolute atomic E-state index is 13.3. The first-order valence-electron chi connectivity index (χ1n) is 10.7. The molecule has 4 aromatic rings. The molecule has 1 amide bonds. The lowest BCUT2D eigenvalue weighted by atomic mass is 9.99. The number of aliphatic hydroxyl groups is 1. The van der Waals surface area contributed by atoms with Crippen molar-refractivity contribution in [1.29, 1.82) is 0 Å². The summed E-state index contributed by atoms with van der Waals surface area (Å²) in [7, 11) is 0. The molecule has 1 saturated heterocycles. The van der Waals surface area contributed by atoms with Crippen LogP contribution in [0.5, 0.6) is 0 Å². The summed E-state index contributed by atoms with van der Waals surface area (Å²) in [6.07, 6.45) is 4.02. The molecule has 0 aliphatic carbocycles. The average molecular weight is 446 g/mol. The second-order valence-electron chi connectivity index (χ2n) is 7.96. The van der Waals surface area contributed by atoms with Crippen molar-refractivity contribution in [3.05, 3.63) is 71.1 Å². The highest BCUT2D eigenvalue weighted by Crippen LogP contribution is 2.30. The van der Waals surface area contributed by atoms with E-state index < -0.39 is 6.10 Å². The predicted octanol–water partition coefficient (Wildman–Crippen LogP) is 3.39. The van der Waals surface area contributed by atoms with Crippen LogP contribution in [0.4, 0.5) is 0 Å². The van der Waals surface area contributed by atoms with Gasteiger partial charge < -0.3 is 10.0 Å². The van der Waals surface area contributed by atoms with Crippen molar-refractivity contribution in [3.8, 4) is 10.8 Å². The summed E-state index contributed by atoms with van der Waals surface area (Å²) in [5.74, 6) is 0.380. The Labute approximate surface area is 189 Å². The topological polar surface area (TPSA) is 92.1 Å². The molecule has 7 nitrogen and oxygen atoms in total. The molecular weight excluding hydrogens is 422 g/mol. The zero-order valence-electron chi connectivity index (χ0n) is 17.7. The van der Waals surface area contributed by atoms with E-state index in [4.69, 9.17) is 4.98 Å². The molecule has 0 bridgehead atoms. The SMILES string of the molecule is CCc1nc(-c2ncccn2)sc1C(=O)N1C[C@@H](Cc2ccc3ccccc3n2)[C@H](O)C1. The van der Waals surface area contributed by atoms with Gasteiger partial charge in [-0.25, -0.2) is 15.0 Å².